The summed E-state index contributed by atoms with van der Waals surface area (Å²) >= 11 is 0. The summed E-state index contributed by atoms with van der Waals surface area (Å²) in [5.41, 5.74) is 2.37. The van der Waals surface area contributed by atoms with Gasteiger partial charge in [-0.2, -0.15) is 0 Å². The normalized spacial score (nSPS) is 21.0. The molecule has 33 heavy (non-hydrogen) atoms. The Morgan fingerprint density at radius 1 is 1.00 bits per heavy atom. The maximum absolute atomic E-state index is 13.0. The van der Waals surface area contributed by atoms with Crippen LogP contribution in [0.3, 0.4) is 0 Å². The largest absolute Gasteiger partial charge is 0.352 e. The van der Waals surface area contributed by atoms with E-state index in [1.807, 2.05) is 36.4 Å². The first kappa shape index (κ1) is 21.6. The van der Waals surface area contributed by atoms with Crippen molar-refractivity contribution >= 4 is 17.7 Å². The molecule has 3 heterocycles. The zero-order valence-electron chi connectivity index (χ0n) is 18.6. The van der Waals surface area contributed by atoms with Crippen molar-refractivity contribution in [2.24, 2.45) is 0 Å². The number of benzene rings is 1. The van der Waals surface area contributed by atoms with Crippen LogP contribution in [0.4, 0.5) is 0 Å². The first-order chi connectivity index (χ1) is 16.1. The molecule has 3 aliphatic rings. The van der Waals surface area contributed by atoms with Crippen LogP contribution < -0.4 is 10.6 Å². The smallest absolute Gasteiger partial charge is 0.255 e. The van der Waals surface area contributed by atoms with Crippen LogP contribution in [0.15, 0.2) is 48.7 Å². The molecule has 1 atom stereocenters. The molecule has 2 aromatic rings. The van der Waals surface area contributed by atoms with Crippen molar-refractivity contribution in [1.29, 1.82) is 0 Å². The lowest BCUT2D eigenvalue weighted by atomic mass is 10.0. The van der Waals surface area contributed by atoms with Crippen molar-refractivity contribution in [2.75, 3.05) is 19.6 Å². The molecule has 8 heteroatoms. The highest BCUT2D eigenvalue weighted by Crippen LogP contribution is 2.41. The second kappa shape index (κ2) is 9.31. The predicted octanol–water partition coefficient (Wildman–Crippen LogP) is 1.64. The van der Waals surface area contributed by atoms with E-state index >= 15 is 0 Å². The zero-order valence-corrected chi connectivity index (χ0v) is 18.6. The minimum atomic E-state index is -0.649. The minimum absolute atomic E-state index is 0.0850. The number of hydrogen-bond donors (Lipinski definition) is 2. The first-order valence-corrected chi connectivity index (χ1v) is 11.7. The number of piperidine rings is 1. The van der Waals surface area contributed by atoms with Gasteiger partial charge in [0, 0.05) is 43.5 Å². The van der Waals surface area contributed by atoms with Crippen LogP contribution >= 0.6 is 0 Å². The fourth-order valence-corrected chi connectivity index (χ4v) is 4.83. The summed E-state index contributed by atoms with van der Waals surface area (Å²) in [5.74, 6) is -0.571. The van der Waals surface area contributed by atoms with Gasteiger partial charge < -0.3 is 15.5 Å². The maximum atomic E-state index is 13.0. The van der Waals surface area contributed by atoms with E-state index in [9.17, 15) is 14.4 Å². The molecule has 0 spiro atoms. The number of fused-ring (bicyclic) bond motifs is 1. The van der Waals surface area contributed by atoms with Crippen LogP contribution in [-0.2, 0) is 16.1 Å². The molecule has 172 valence electrons. The Morgan fingerprint density at radius 2 is 1.76 bits per heavy atom. The fraction of sp³-hybridized carbons (Fsp3) is 0.440. The molecular formula is C25H29N5O3. The number of pyridine rings is 1. The molecule has 2 fully saturated rings. The third-order valence-corrected chi connectivity index (χ3v) is 6.67. The Bertz CT molecular complexity index is 1030. The van der Waals surface area contributed by atoms with Gasteiger partial charge in [-0.3, -0.25) is 24.3 Å². The average molecular weight is 448 g/mol. The van der Waals surface area contributed by atoms with E-state index in [0.29, 0.717) is 5.56 Å². The van der Waals surface area contributed by atoms with E-state index < -0.39 is 6.04 Å². The first-order valence-electron chi connectivity index (χ1n) is 11.7. The SMILES string of the molecule is O=C(CNC(=O)C1c2ccccc2C(=O)N1C1CC1)NC1CCN(Cc2ccccn2)CC1. The number of likely N-dealkylation sites (tertiary alicyclic amines) is 1. The van der Waals surface area contributed by atoms with Crippen LogP contribution in [0.5, 0.6) is 0 Å². The third-order valence-electron chi connectivity index (χ3n) is 6.67. The van der Waals surface area contributed by atoms with Crippen LogP contribution in [0.25, 0.3) is 0 Å². The molecule has 2 aliphatic heterocycles. The van der Waals surface area contributed by atoms with Gasteiger partial charge in [-0.05, 0) is 49.4 Å². The number of rotatable bonds is 7. The van der Waals surface area contributed by atoms with Crippen LogP contribution in [0.2, 0.25) is 0 Å². The Hall–Kier alpha value is -3.26. The molecule has 0 bridgehead atoms. The van der Waals surface area contributed by atoms with Gasteiger partial charge in [0.15, 0.2) is 0 Å². The highest BCUT2D eigenvalue weighted by molar-refractivity contribution is 6.05. The highest BCUT2D eigenvalue weighted by Gasteiger charge is 2.47. The summed E-state index contributed by atoms with van der Waals surface area (Å²) in [6.07, 6.45) is 5.38. The van der Waals surface area contributed by atoms with E-state index in [0.717, 1.165) is 56.6 Å². The second-order valence-corrected chi connectivity index (χ2v) is 9.09. The second-order valence-electron chi connectivity index (χ2n) is 9.09. The number of amides is 3. The molecule has 5 rings (SSSR count). The summed E-state index contributed by atoms with van der Waals surface area (Å²) in [4.78, 5) is 46.7. The van der Waals surface area contributed by atoms with Crippen molar-refractivity contribution in [3.8, 4) is 0 Å². The van der Waals surface area contributed by atoms with Gasteiger partial charge in [-0.1, -0.05) is 24.3 Å². The Labute approximate surface area is 193 Å². The zero-order chi connectivity index (χ0) is 22.8. The van der Waals surface area contributed by atoms with Gasteiger partial charge in [0.1, 0.15) is 6.04 Å². The van der Waals surface area contributed by atoms with Crippen LogP contribution in [-0.4, -0.2) is 64.2 Å². The monoisotopic (exact) mass is 447 g/mol. The topological polar surface area (TPSA) is 94.6 Å². The van der Waals surface area contributed by atoms with E-state index in [1.165, 1.54) is 0 Å². The molecule has 8 nitrogen and oxygen atoms in total. The van der Waals surface area contributed by atoms with Crippen LogP contribution in [0, 0.1) is 0 Å². The number of nitrogens with zero attached hydrogens (tertiary/aromatic N) is 3. The highest BCUT2D eigenvalue weighted by atomic mass is 16.2. The van der Waals surface area contributed by atoms with Gasteiger partial charge in [0.2, 0.25) is 11.8 Å². The minimum Gasteiger partial charge on any atom is -0.352 e. The lowest BCUT2D eigenvalue weighted by Crippen LogP contribution is -2.48. The number of hydrogen-bond acceptors (Lipinski definition) is 5. The Balaban J connectivity index is 1.10. The molecule has 1 aliphatic carbocycles. The summed E-state index contributed by atoms with van der Waals surface area (Å²) in [6, 6.07) is 12.8. The van der Waals surface area contributed by atoms with Crippen molar-refractivity contribution in [3.05, 3.63) is 65.5 Å². The number of aromatic nitrogens is 1. The van der Waals surface area contributed by atoms with Crippen molar-refractivity contribution in [2.45, 2.75) is 50.4 Å². The van der Waals surface area contributed by atoms with E-state index in [2.05, 4.69) is 20.5 Å². The van der Waals surface area contributed by atoms with E-state index in [1.54, 1.807) is 17.2 Å². The average Bonchev–Trinajstić information content (AvgIpc) is 3.63. The van der Waals surface area contributed by atoms with Gasteiger partial charge in [-0.25, -0.2) is 0 Å². The van der Waals surface area contributed by atoms with E-state index in [4.69, 9.17) is 0 Å². The summed E-state index contributed by atoms with van der Waals surface area (Å²) in [7, 11) is 0. The molecule has 1 aromatic carbocycles. The lowest BCUT2D eigenvalue weighted by molar-refractivity contribution is -0.129. The van der Waals surface area contributed by atoms with E-state index in [-0.39, 0.29) is 36.3 Å². The predicted molar refractivity (Wildman–Crippen MR) is 122 cm³/mol. The molecule has 1 saturated heterocycles. The molecule has 2 N–H and O–H groups in total. The summed E-state index contributed by atoms with van der Waals surface area (Å²) in [6.45, 7) is 2.52. The Kier molecular flexibility index (Phi) is 6.09. The van der Waals surface area contributed by atoms with Crippen molar-refractivity contribution < 1.29 is 14.4 Å². The molecule has 0 radical (unpaired) electrons. The number of carbonyl (C=O) groups excluding carboxylic acids is 3. The number of carbonyl (C=O) groups is 3. The Morgan fingerprint density at radius 3 is 2.48 bits per heavy atom. The van der Waals surface area contributed by atoms with Crippen LogP contribution in [0.1, 0.15) is 53.3 Å². The lowest BCUT2D eigenvalue weighted by Gasteiger charge is -2.32. The standard InChI is InChI=1S/C25H29N5O3/c31-22(28-17-10-13-29(14-11-17)16-18-5-3-4-12-26-18)15-27-24(32)23-20-6-1-2-7-21(20)25(33)30(23)19-8-9-19/h1-7,12,17,19,23H,8-11,13-16H2,(H,27,32)(H,28,31). The molecule has 1 aromatic heterocycles. The molecular weight excluding hydrogens is 418 g/mol. The van der Waals surface area contributed by atoms with Gasteiger partial charge in [0.05, 0.1) is 12.2 Å². The quantitative estimate of drug-likeness (QED) is 0.673. The van der Waals surface area contributed by atoms with Gasteiger partial charge in [-0.15, -0.1) is 0 Å². The van der Waals surface area contributed by atoms with Crippen molar-refractivity contribution in [1.82, 2.24) is 25.4 Å². The number of nitrogens with one attached hydrogen (secondary N) is 2. The maximum Gasteiger partial charge on any atom is 0.255 e. The van der Waals surface area contributed by atoms with Gasteiger partial charge >= 0.3 is 0 Å². The molecule has 1 unspecified atom stereocenters. The summed E-state index contributed by atoms with van der Waals surface area (Å²) < 4.78 is 0. The molecule has 1 saturated carbocycles. The third kappa shape index (κ3) is 4.75. The fourth-order valence-electron chi connectivity index (χ4n) is 4.83. The van der Waals surface area contributed by atoms with Crippen molar-refractivity contribution in [3.63, 3.8) is 0 Å². The summed E-state index contributed by atoms with van der Waals surface area (Å²) in [5, 5.41) is 5.81. The molecule has 3 amide bonds. The van der Waals surface area contributed by atoms with Gasteiger partial charge in [0.25, 0.3) is 5.91 Å².